The van der Waals surface area contributed by atoms with Gasteiger partial charge in [0.25, 0.3) is 10.0 Å². The van der Waals surface area contributed by atoms with Crippen molar-refractivity contribution in [1.82, 2.24) is 13.1 Å². The third-order valence-electron chi connectivity index (χ3n) is 5.36. The molecule has 1 fully saturated rings. The highest BCUT2D eigenvalue weighted by molar-refractivity contribution is 7.91. The van der Waals surface area contributed by atoms with Gasteiger partial charge in [0.15, 0.2) is 21.6 Å². The molecule has 1 aliphatic rings. The molecule has 0 bridgehead atoms. The van der Waals surface area contributed by atoms with Crippen LogP contribution in [0.25, 0.3) is 0 Å². The molecule has 3 aromatic heterocycles. The lowest BCUT2D eigenvalue weighted by atomic mass is 10.2. The Morgan fingerprint density at radius 3 is 2.68 bits per heavy atom. The molecule has 9 nitrogen and oxygen atoms in total. The summed E-state index contributed by atoms with van der Waals surface area (Å²) in [4.78, 5) is 1.65. The Labute approximate surface area is 189 Å². The SMILES string of the molecule is CC[C@@H](Nc1nsnc1N(C)c1csc(S(=O)(=O)N(C)C2CC2)c1O)c1ccc(C)o1. The lowest BCUT2D eigenvalue weighted by molar-refractivity contribution is 0.444. The molecule has 4 rings (SSSR count). The van der Waals surface area contributed by atoms with Crippen molar-refractivity contribution in [2.45, 2.75) is 49.4 Å². The molecule has 0 saturated heterocycles. The topological polar surface area (TPSA) is 112 Å². The Bertz CT molecular complexity index is 1170. The summed E-state index contributed by atoms with van der Waals surface area (Å²) in [5.41, 5.74) is 0.366. The van der Waals surface area contributed by atoms with Gasteiger partial charge in [-0.25, -0.2) is 8.42 Å². The van der Waals surface area contributed by atoms with Crippen LogP contribution in [0.2, 0.25) is 0 Å². The maximum atomic E-state index is 12.9. The first-order chi connectivity index (χ1) is 14.7. The fourth-order valence-corrected chi connectivity index (χ4v) is 6.75. The van der Waals surface area contributed by atoms with Gasteiger partial charge in [-0.15, -0.1) is 11.3 Å². The molecule has 1 saturated carbocycles. The minimum atomic E-state index is -3.74. The van der Waals surface area contributed by atoms with Crippen LogP contribution in [0.4, 0.5) is 17.3 Å². The van der Waals surface area contributed by atoms with Gasteiger partial charge >= 0.3 is 0 Å². The van der Waals surface area contributed by atoms with Gasteiger partial charge in [-0.1, -0.05) is 6.92 Å². The van der Waals surface area contributed by atoms with Gasteiger partial charge in [0.2, 0.25) is 0 Å². The number of hydrogen-bond acceptors (Lipinski definition) is 10. The molecule has 12 heteroatoms. The van der Waals surface area contributed by atoms with Crippen LogP contribution < -0.4 is 10.2 Å². The highest BCUT2D eigenvalue weighted by atomic mass is 32.2. The molecular formula is C19H25N5O4S3. The van der Waals surface area contributed by atoms with Crippen LogP contribution in [0.3, 0.4) is 0 Å². The first-order valence-electron chi connectivity index (χ1n) is 9.91. The zero-order valence-corrected chi connectivity index (χ0v) is 20.1. The lowest BCUT2D eigenvalue weighted by Gasteiger charge is -2.20. The van der Waals surface area contributed by atoms with E-state index in [0.29, 0.717) is 17.3 Å². The predicted octanol–water partition coefficient (Wildman–Crippen LogP) is 4.32. The van der Waals surface area contributed by atoms with E-state index in [9.17, 15) is 13.5 Å². The van der Waals surface area contributed by atoms with Crippen molar-refractivity contribution in [2.75, 3.05) is 24.3 Å². The normalized spacial score (nSPS) is 15.4. The van der Waals surface area contributed by atoms with Crippen molar-refractivity contribution in [1.29, 1.82) is 0 Å². The number of furan rings is 1. The number of nitrogens with one attached hydrogen (secondary N) is 1. The second-order valence-corrected chi connectivity index (χ2v) is 11.2. The summed E-state index contributed by atoms with van der Waals surface area (Å²) in [5.74, 6) is 2.40. The van der Waals surface area contributed by atoms with Gasteiger partial charge in [0, 0.05) is 25.5 Å². The molecule has 168 valence electrons. The van der Waals surface area contributed by atoms with Gasteiger partial charge < -0.3 is 19.7 Å². The smallest absolute Gasteiger partial charge is 0.256 e. The van der Waals surface area contributed by atoms with E-state index in [1.807, 2.05) is 26.0 Å². The van der Waals surface area contributed by atoms with Crippen LogP contribution in [0.5, 0.6) is 5.75 Å². The Morgan fingerprint density at radius 1 is 1.32 bits per heavy atom. The zero-order valence-electron chi connectivity index (χ0n) is 17.7. The number of aromatic hydroxyl groups is 1. The van der Waals surface area contributed by atoms with Crippen molar-refractivity contribution in [2.24, 2.45) is 0 Å². The van der Waals surface area contributed by atoms with E-state index in [0.717, 1.165) is 53.8 Å². The van der Waals surface area contributed by atoms with Gasteiger partial charge in [-0.3, -0.25) is 0 Å². The van der Waals surface area contributed by atoms with Crippen LogP contribution in [0, 0.1) is 6.92 Å². The molecule has 0 unspecified atom stereocenters. The second-order valence-electron chi connectivity index (χ2n) is 7.56. The first-order valence-corrected chi connectivity index (χ1v) is 13.0. The molecule has 0 radical (unpaired) electrons. The fraction of sp³-hybridized carbons (Fsp3) is 0.474. The number of aryl methyl sites for hydroxylation is 1. The van der Waals surface area contributed by atoms with Gasteiger partial charge in [-0.2, -0.15) is 13.1 Å². The van der Waals surface area contributed by atoms with Gasteiger partial charge in [-0.05, 0) is 38.3 Å². The molecule has 3 aromatic rings. The number of sulfonamides is 1. The average molecular weight is 484 g/mol. The first kappa shape index (κ1) is 22.1. The van der Waals surface area contributed by atoms with E-state index in [1.165, 1.54) is 4.31 Å². The van der Waals surface area contributed by atoms with E-state index >= 15 is 0 Å². The monoisotopic (exact) mass is 483 g/mol. The van der Waals surface area contributed by atoms with Gasteiger partial charge in [0.1, 0.15) is 11.5 Å². The number of aromatic nitrogens is 2. The Hall–Kier alpha value is -2.15. The third kappa shape index (κ3) is 4.16. The molecule has 0 amide bonds. The minimum Gasteiger partial charge on any atom is -0.504 e. The van der Waals surface area contributed by atoms with Crippen molar-refractivity contribution in [3.63, 3.8) is 0 Å². The van der Waals surface area contributed by atoms with E-state index < -0.39 is 10.0 Å². The minimum absolute atomic E-state index is 0.0161. The Balaban J connectivity index is 1.59. The summed E-state index contributed by atoms with van der Waals surface area (Å²) < 4.78 is 41.5. The predicted molar refractivity (Wildman–Crippen MR) is 122 cm³/mol. The third-order valence-corrected chi connectivity index (χ3v) is 9.27. The average Bonchev–Trinajstić information content (AvgIpc) is 3.11. The quantitative estimate of drug-likeness (QED) is 0.463. The summed E-state index contributed by atoms with van der Waals surface area (Å²) in [6.45, 7) is 3.93. The maximum Gasteiger partial charge on any atom is 0.256 e. The van der Waals surface area contributed by atoms with Crippen molar-refractivity contribution in [3.05, 3.63) is 29.0 Å². The summed E-state index contributed by atoms with van der Waals surface area (Å²) in [5, 5.41) is 15.7. The molecule has 2 N–H and O–H groups in total. The molecule has 1 aliphatic carbocycles. The largest absolute Gasteiger partial charge is 0.504 e. The molecule has 0 aliphatic heterocycles. The Kier molecular flexibility index (Phi) is 5.99. The van der Waals surface area contributed by atoms with Crippen LogP contribution in [0.1, 0.15) is 43.7 Å². The summed E-state index contributed by atoms with van der Waals surface area (Å²) in [6.07, 6.45) is 2.47. The van der Waals surface area contributed by atoms with E-state index in [4.69, 9.17) is 4.42 Å². The Morgan fingerprint density at radius 2 is 2.06 bits per heavy atom. The van der Waals surface area contributed by atoms with Crippen LogP contribution >= 0.6 is 23.1 Å². The molecule has 1 atom stereocenters. The molecular weight excluding hydrogens is 458 g/mol. The number of hydrogen-bond donors (Lipinski definition) is 2. The van der Waals surface area contributed by atoms with Gasteiger partial charge in [0.05, 0.1) is 23.5 Å². The zero-order chi connectivity index (χ0) is 22.3. The van der Waals surface area contributed by atoms with E-state index in [-0.39, 0.29) is 22.0 Å². The van der Waals surface area contributed by atoms with Crippen LogP contribution in [-0.4, -0.2) is 46.7 Å². The molecule has 31 heavy (non-hydrogen) atoms. The number of thiophene rings is 1. The summed E-state index contributed by atoms with van der Waals surface area (Å²) >= 11 is 2.04. The van der Waals surface area contributed by atoms with E-state index in [1.54, 1.807) is 24.4 Å². The molecule has 0 aromatic carbocycles. The van der Waals surface area contributed by atoms with Crippen molar-refractivity contribution < 1.29 is 17.9 Å². The van der Waals surface area contributed by atoms with Crippen molar-refractivity contribution in [3.8, 4) is 5.75 Å². The van der Waals surface area contributed by atoms with Crippen LogP contribution in [0.15, 0.2) is 26.1 Å². The standard InChI is InChI=1S/C19H25N5O4S3/c1-5-13(15-9-6-11(2)28-15)20-17-18(22-30-21-17)23(3)14-10-29-19(16(14)25)31(26,27)24(4)12-7-8-12/h6,9-10,12-13,25H,5,7-8H2,1-4H3,(H,20,21)/t13-/m1/s1. The second kappa shape index (κ2) is 8.41. The number of anilines is 3. The highest BCUT2D eigenvalue weighted by Gasteiger charge is 2.38. The number of rotatable bonds is 9. The summed E-state index contributed by atoms with van der Waals surface area (Å²) in [6, 6.07) is 3.76. The highest BCUT2D eigenvalue weighted by Crippen LogP contribution is 2.45. The fourth-order valence-electron chi connectivity index (χ4n) is 3.30. The maximum absolute atomic E-state index is 12.9. The van der Waals surface area contributed by atoms with Crippen LogP contribution in [-0.2, 0) is 10.0 Å². The number of nitrogens with zero attached hydrogens (tertiary/aromatic N) is 4. The van der Waals surface area contributed by atoms with Crippen molar-refractivity contribution >= 4 is 50.4 Å². The van der Waals surface area contributed by atoms with E-state index in [2.05, 4.69) is 14.1 Å². The summed E-state index contributed by atoms with van der Waals surface area (Å²) in [7, 11) is -0.457. The molecule has 3 heterocycles. The lowest BCUT2D eigenvalue weighted by Crippen LogP contribution is -2.28. The molecule has 0 spiro atoms.